The molecule has 1 aromatic heterocycles. The van der Waals surface area contributed by atoms with Crippen LogP contribution in [0.1, 0.15) is 18.9 Å². The van der Waals surface area contributed by atoms with Crippen LogP contribution in [0, 0.1) is 18.6 Å². The van der Waals surface area contributed by atoms with Gasteiger partial charge in [0, 0.05) is 32.2 Å². The van der Waals surface area contributed by atoms with Crippen molar-refractivity contribution in [2.45, 2.75) is 26.8 Å². The molecule has 1 aromatic carbocycles. The van der Waals surface area contributed by atoms with E-state index >= 15 is 0 Å². The number of imidazole rings is 1. The van der Waals surface area contributed by atoms with E-state index in [4.69, 9.17) is 4.74 Å². The van der Waals surface area contributed by atoms with Crippen molar-refractivity contribution in [2.75, 3.05) is 18.5 Å². The molecule has 6 heteroatoms. The Hall–Kier alpha value is -1.95. The van der Waals surface area contributed by atoms with Crippen LogP contribution in [0.15, 0.2) is 24.5 Å². The SMILES string of the molecule is CCOCCCn1ccnc1Nc1c(F)ccc(C)c1F. The molecule has 0 aliphatic carbocycles. The maximum Gasteiger partial charge on any atom is 0.207 e. The van der Waals surface area contributed by atoms with Gasteiger partial charge in [0.1, 0.15) is 11.5 Å². The van der Waals surface area contributed by atoms with Gasteiger partial charge < -0.3 is 14.6 Å². The molecule has 2 rings (SSSR count). The van der Waals surface area contributed by atoms with Gasteiger partial charge in [-0.1, -0.05) is 6.07 Å². The third kappa shape index (κ3) is 3.78. The lowest BCUT2D eigenvalue weighted by molar-refractivity contribution is 0.142. The van der Waals surface area contributed by atoms with Gasteiger partial charge in [0.2, 0.25) is 5.95 Å². The number of hydrogen-bond acceptors (Lipinski definition) is 3. The van der Waals surface area contributed by atoms with Crippen molar-refractivity contribution in [1.82, 2.24) is 9.55 Å². The van der Waals surface area contributed by atoms with Gasteiger partial charge in [0.05, 0.1) is 0 Å². The van der Waals surface area contributed by atoms with Crippen molar-refractivity contribution in [3.8, 4) is 0 Å². The zero-order valence-corrected chi connectivity index (χ0v) is 12.2. The van der Waals surface area contributed by atoms with Gasteiger partial charge in [-0.15, -0.1) is 0 Å². The zero-order chi connectivity index (χ0) is 15.2. The highest BCUT2D eigenvalue weighted by atomic mass is 19.1. The summed E-state index contributed by atoms with van der Waals surface area (Å²) in [5, 5.41) is 2.73. The van der Waals surface area contributed by atoms with E-state index in [0.717, 1.165) is 6.42 Å². The summed E-state index contributed by atoms with van der Waals surface area (Å²) in [7, 11) is 0. The van der Waals surface area contributed by atoms with E-state index in [1.54, 1.807) is 23.9 Å². The Morgan fingerprint density at radius 3 is 2.90 bits per heavy atom. The predicted octanol–water partition coefficient (Wildman–Crippen LogP) is 3.64. The summed E-state index contributed by atoms with van der Waals surface area (Å²) in [6.07, 6.45) is 4.16. The van der Waals surface area contributed by atoms with Gasteiger partial charge in [-0.25, -0.2) is 13.8 Å². The molecular formula is C15H19F2N3O. The van der Waals surface area contributed by atoms with E-state index in [-0.39, 0.29) is 5.69 Å². The molecule has 0 aliphatic rings. The van der Waals surface area contributed by atoms with Crippen LogP contribution >= 0.6 is 0 Å². The summed E-state index contributed by atoms with van der Waals surface area (Å²) >= 11 is 0. The van der Waals surface area contributed by atoms with Crippen molar-refractivity contribution in [3.05, 3.63) is 41.7 Å². The first-order valence-electron chi connectivity index (χ1n) is 6.94. The first kappa shape index (κ1) is 15.4. The van der Waals surface area contributed by atoms with E-state index in [2.05, 4.69) is 10.3 Å². The second kappa shape index (κ2) is 7.17. The molecule has 0 saturated heterocycles. The highest BCUT2D eigenvalue weighted by Gasteiger charge is 2.13. The average molecular weight is 295 g/mol. The lowest BCUT2D eigenvalue weighted by Crippen LogP contribution is -2.08. The van der Waals surface area contributed by atoms with Crippen molar-refractivity contribution >= 4 is 11.6 Å². The highest BCUT2D eigenvalue weighted by Crippen LogP contribution is 2.24. The van der Waals surface area contributed by atoms with Gasteiger partial charge in [-0.2, -0.15) is 0 Å². The molecule has 0 atom stereocenters. The van der Waals surface area contributed by atoms with E-state index in [0.29, 0.717) is 31.3 Å². The van der Waals surface area contributed by atoms with Gasteiger partial charge in [0.15, 0.2) is 5.82 Å². The van der Waals surface area contributed by atoms with Gasteiger partial charge >= 0.3 is 0 Å². The van der Waals surface area contributed by atoms with Crippen LogP contribution in [-0.2, 0) is 11.3 Å². The number of nitrogens with one attached hydrogen (secondary N) is 1. The number of benzene rings is 1. The topological polar surface area (TPSA) is 39.1 Å². The minimum absolute atomic E-state index is 0.174. The average Bonchev–Trinajstić information content (AvgIpc) is 2.91. The second-order valence-electron chi connectivity index (χ2n) is 4.67. The van der Waals surface area contributed by atoms with Crippen LogP contribution in [0.25, 0.3) is 0 Å². The third-order valence-electron chi connectivity index (χ3n) is 3.13. The Morgan fingerprint density at radius 1 is 1.33 bits per heavy atom. The Bertz CT molecular complexity index is 599. The molecule has 0 radical (unpaired) electrons. The smallest absolute Gasteiger partial charge is 0.207 e. The maximum absolute atomic E-state index is 14.0. The molecule has 4 nitrogen and oxygen atoms in total. The summed E-state index contributed by atoms with van der Waals surface area (Å²) in [6, 6.07) is 2.65. The fourth-order valence-corrected chi connectivity index (χ4v) is 1.98. The highest BCUT2D eigenvalue weighted by molar-refractivity contribution is 5.57. The molecule has 1 heterocycles. The van der Waals surface area contributed by atoms with E-state index < -0.39 is 11.6 Å². The van der Waals surface area contributed by atoms with Gasteiger partial charge in [-0.3, -0.25) is 0 Å². The normalized spacial score (nSPS) is 10.9. The number of rotatable bonds is 7. The largest absolute Gasteiger partial charge is 0.382 e. The monoisotopic (exact) mass is 295 g/mol. The first-order chi connectivity index (χ1) is 10.1. The predicted molar refractivity (Wildman–Crippen MR) is 77.7 cm³/mol. The van der Waals surface area contributed by atoms with Crippen molar-refractivity contribution < 1.29 is 13.5 Å². The standard InChI is InChI=1S/C15H19F2N3O/c1-3-21-10-4-8-20-9-7-18-15(20)19-14-12(16)6-5-11(2)13(14)17/h5-7,9H,3-4,8,10H2,1-2H3,(H,18,19). The summed E-state index contributed by atoms with van der Waals surface area (Å²) in [4.78, 5) is 4.10. The van der Waals surface area contributed by atoms with Gasteiger partial charge in [-0.05, 0) is 31.9 Å². The lowest BCUT2D eigenvalue weighted by Gasteiger charge is -2.12. The van der Waals surface area contributed by atoms with Crippen LogP contribution in [0.3, 0.4) is 0 Å². The number of ether oxygens (including phenoxy) is 1. The van der Waals surface area contributed by atoms with Crippen LogP contribution < -0.4 is 5.32 Å². The number of aromatic nitrogens is 2. The first-order valence-corrected chi connectivity index (χ1v) is 6.94. The van der Waals surface area contributed by atoms with E-state index in [1.807, 2.05) is 6.92 Å². The van der Waals surface area contributed by atoms with Crippen molar-refractivity contribution in [2.24, 2.45) is 0 Å². The molecule has 0 bridgehead atoms. The number of halogens is 2. The minimum atomic E-state index is -0.637. The molecule has 21 heavy (non-hydrogen) atoms. The van der Waals surface area contributed by atoms with Crippen molar-refractivity contribution in [1.29, 1.82) is 0 Å². The molecule has 0 unspecified atom stereocenters. The Balaban J connectivity index is 2.10. The fourth-order valence-electron chi connectivity index (χ4n) is 1.98. The third-order valence-corrected chi connectivity index (χ3v) is 3.13. The number of nitrogens with zero attached hydrogens (tertiary/aromatic N) is 2. The molecule has 0 spiro atoms. The summed E-state index contributed by atoms with van der Waals surface area (Å²) in [5.74, 6) is -0.823. The Morgan fingerprint density at radius 2 is 2.14 bits per heavy atom. The molecule has 2 aromatic rings. The number of anilines is 2. The lowest BCUT2D eigenvalue weighted by atomic mass is 10.2. The molecule has 0 saturated carbocycles. The zero-order valence-electron chi connectivity index (χ0n) is 12.2. The van der Waals surface area contributed by atoms with Gasteiger partial charge in [0.25, 0.3) is 0 Å². The molecule has 0 amide bonds. The molecule has 0 fully saturated rings. The Kier molecular flexibility index (Phi) is 5.27. The van der Waals surface area contributed by atoms with E-state index in [9.17, 15) is 8.78 Å². The number of hydrogen-bond donors (Lipinski definition) is 1. The second-order valence-corrected chi connectivity index (χ2v) is 4.67. The summed E-state index contributed by atoms with van der Waals surface area (Å²) in [6.45, 7) is 5.51. The van der Waals surface area contributed by atoms with Crippen LogP contribution in [-0.4, -0.2) is 22.8 Å². The molecular weight excluding hydrogens is 276 g/mol. The van der Waals surface area contributed by atoms with Crippen LogP contribution in [0.5, 0.6) is 0 Å². The fraction of sp³-hybridized carbons (Fsp3) is 0.400. The van der Waals surface area contributed by atoms with Crippen LogP contribution in [0.4, 0.5) is 20.4 Å². The van der Waals surface area contributed by atoms with Crippen LogP contribution in [0.2, 0.25) is 0 Å². The molecule has 1 N–H and O–H groups in total. The minimum Gasteiger partial charge on any atom is -0.382 e. The Labute approximate surface area is 122 Å². The molecule has 0 aliphatic heterocycles. The maximum atomic E-state index is 14.0. The molecule has 114 valence electrons. The summed E-state index contributed by atoms with van der Waals surface area (Å²) in [5.41, 5.74) is 0.209. The quantitative estimate of drug-likeness (QED) is 0.793. The van der Waals surface area contributed by atoms with E-state index in [1.165, 1.54) is 12.1 Å². The van der Waals surface area contributed by atoms with Crippen molar-refractivity contribution in [3.63, 3.8) is 0 Å². The summed E-state index contributed by atoms with van der Waals surface area (Å²) < 4.78 is 34.8. The number of aryl methyl sites for hydroxylation is 2.